The summed E-state index contributed by atoms with van der Waals surface area (Å²) < 4.78 is 73.7. The lowest BCUT2D eigenvalue weighted by Crippen LogP contribution is -2.26. The van der Waals surface area contributed by atoms with Gasteiger partial charge in [0.15, 0.2) is 30.5 Å². The number of ether oxygens (including phenoxy) is 2. The maximum absolute atomic E-state index is 12.7. The second-order valence-corrected chi connectivity index (χ2v) is 8.43. The van der Waals surface area contributed by atoms with Crippen LogP contribution in [0.2, 0.25) is 0 Å². The molecule has 0 aliphatic heterocycles. The lowest BCUT2D eigenvalue weighted by molar-refractivity contribution is -0.193. The van der Waals surface area contributed by atoms with E-state index in [0.29, 0.717) is 6.54 Å². The summed E-state index contributed by atoms with van der Waals surface area (Å²) in [6.07, 6.45) is -10.2. The van der Waals surface area contributed by atoms with Crippen molar-refractivity contribution in [3.05, 3.63) is 53.9 Å². The van der Waals surface area contributed by atoms with Gasteiger partial charge in [0.1, 0.15) is 5.82 Å². The zero-order valence-electron chi connectivity index (χ0n) is 22.7. The molecule has 246 valence electrons. The van der Waals surface area contributed by atoms with E-state index in [1.54, 1.807) is 11.9 Å². The van der Waals surface area contributed by atoms with E-state index < -0.39 is 49.4 Å². The van der Waals surface area contributed by atoms with E-state index >= 15 is 0 Å². The van der Waals surface area contributed by atoms with Gasteiger partial charge in [-0.2, -0.15) is 26.3 Å². The molecule has 0 fully saturated rings. The number of rotatable bonds is 11. The maximum Gasteiger partial charge on any atom is 0.490 e. The van der Waals surface area contributed by atoms with Crippen molar-refractivity contribution in [1.82, 2.24) is 14.9 Å². The number of Topliss-reactive ketones (excluding diaryl/α,β-unsaturated/α-hetero) is 1. The van der Waals surface area contributed by atoms with Gasteiger partial charge in [-0.3, -0.25) is 9.69 Å². The van der Waals surface area contributed by atoms with E-state index in [1.807, 2.05) is 24.3 Å². The minimum atomic E-state index is -5.08. The van der Waals surface area contributed by atoms with Gasteiger partial charge in [0.05, 0.1) is 24.1 Å². The molecule has 45 heavy (non-hydrogen) atoms. The van der Waals surface area contributed by atoms with Gasteiger partial charge in [-0.15, -0.1) is 0 Å². The van der Waals surface area contributed by atoms with Crippen molar-refractivity contribution >= 4 is 40.7 Å². The zero-order chi connectivity index (χ0) is 34.5. The first-order valence-electron chi connectivity index (χ1n) is 11.8. The van der Waals surface area contributed by atoms with Crippen LogP contribution in [0, 0.1) is 0 Å². The minimum Gasteiger partial charge on any atom is -0.479 e. The number of nitrogens with one attached hydrogen (secondary N) is 1. The van der Waals surface area contributed by atoms with Gasteiger partial charge in [-0.1, -0.05) is 12.1 Å². The molecule has 0 aliphatic rings. The van der Waals surface area contributed by atoms with Crippen molar-refractivity contribution in [2.75, 3.05) is 26.8 Å². The molecule has 0 saturated carbocycles. The summed E-state index contributed by atoms with van der Waals surface area (Å²) in [4.78, 5) is 61.5. The van der Waals surface area contributed by atoms with Crippen LogP contribution in [0.4, 0.5) is 26.3 Å². The highest BCUT2D eigenvalue weighted by Crippen LogP contribution is 2.29. The highest BCUT2D eigenvalue weighted by Gasteiger charge is 2.38. The fraction of sp³-hybridized carbons (Fsp3) is 0.280. The fourth-order valence-corrected chi connectivity index (χ4v) is 2.92. The number of carbonyl (C=O) groups is 5. The Hall–Kier alpha value is -5.40. The number of aromatic nitrogens is 2. The fourth-order valence-electron chi connectivity index (χ4n) is 2.92. The highest BCUT2D eigenvalue weighted by atomic mass is 19.4. The maximum atomic E-state index is 12.7. The zero-order valence-corrected chi connectivity index (χ0v) is 22.7. The van der Waals surface area contributed by atoms with Crippen LogP contribution in [0.1, 0.15) is 16.2 Å². The van der Waals surface area contributed by atoms with Crippen LogP contribution in [0.15, 0.2) is 42.5 Å². The monoisotopic (exact) mass is 655 g/mol. The van der Waals surface area contributed by atoms with Crippen LogP contribution in [0.25, 0.3) is 11.0 Å². The molecule has 3 aromatic rings. The minimum absolute atomic E-state index is 0.0190. The molecule has 3 rings (SSSR count). The van der Waals surface area contributed by atoms with Gasteiger partial charge in [0, 0.05) is 5.56 Å². The number of aromatic amines is 1. The van der Waals surface area contributed by atoms with Gasteiger partial charge in [-0.05, 0) is 37.4 Å². The largest absolute Gasteiger partial charge is 0.490 e. The van der Waals surface area contributed by atoms with Gasteiger partial charge >= 0.3 is 36.2 Å². The molecule has 0 spiro atoms. The first kappa shape index (κ1) is 37.6. The third-order valence-electron chi connectivity index (χ3n) is 4.72. The lowest BCUT2D eigenvalue weighted by atomic mass is 10.1. The van der Waals surface area contributed by atoms with Crippen molar-refractivity contribution in [1.29, 1.82) is 0 Å². The number of H-pyrrole nitrogens is 1. The third-order valence-corrected chi connectivity index (χ3v) is 4.72. The Morgan fingerprint density at radius 1 is 0.800 bits per heavy atom. The van der Waals surface area contributed by atoms with Gasteiger partial charge in [0.2, 0.25) is 0 Å². The number of para-hydroxylation sites is 2. The van der Waals surface area contributed by atoms with E-state index in [9.17, 15) is 40.7 Å². The van der Waals surface area contributed by atoms with Gasteiger partial charge in [-0.25, -0.2) is 24.2 Å². The number of hydrogen-bond donors (Lipinski definition) is 5. The van der Waals surface area contributed by atoms with E-state index in [0.717, 1.165) is 16.9 Å². The number of alkyl halides is 6. The van der Waals surface area contributed by atoms with Crippen molar-refractivity contribution in [2.24, 2.45) is 0 Å². The number of likely N-dealkylation sites (N-methyl/N-ethyl adjacent to an activating group) is 1. The van der Waals surface area contributed by atoms with E-state index in [1.165, 1.54) is 18.2 Å². The first-order valence-corrected chi connectivity index (χ1v) is 11.8. The molecular weight excluding hydrogens is 632 g/mol. The average molecular weight is 655 g/mol. The number of carbonyl (C=O) groups excluding carboxylic acids is 1. The summed E-state index contributed by atoms with van der Waals surface area (Å²) in [5.41, 5.74) is 2.03. The van der Waals surface area contributed by atoms with Gasteiger partial charge < -0.3 is 34.9 Å². The average Bonchev–Trinajstić information content (AvgIpc) is 3.32. The Morgan fingerprint density at radius 2 is 1.29 bits per heavy atom. The van der Waals surface area contributed by atoms with E-state index in [-0.39, 0.29) is 29.4 Å². The predicted molar refractivity (Wildman–Crippen MR) is 137 cm³/mol. The molecule has 0 saturated heterocycles. The Labute approximate surface area is 247 Å². The normalized spacial score (nSPS) is 11.0. The van der Waals surface area contributed by atoms with Crippen LogP contribution >= 0.6 is 0 Å². The van der Waals surface area contributed by atoms with Crippen molar-refractivity contribution in [3.63, 3.8) is 0 Å². The molecular formula is C25H23F6N3O11. The third kappa shape index (κ3) is 14.1. The number of carboxylic acid groups (broad SMARTS) is 4. The first-order chi connectivity index (χ1) is 20.7. The molecule has 0 atom stereocenters. The number of nitrogens with zero attached hydrogens (tertiary/aromatic N) is 2. The number of benzene rings is 2. The number of hydrogen-bond acceptors (Lipinski definition) is 9. The quantitative estimate of drug-likeness (QED) is 0.148. The topological polar surface area (TPSA) is 217 Å². The molecule has 0 radical (unpaired) electrons. The number of halogens is 6. The number of fused-ring (bicyclic) bond motifs is 1. The number of imidazole rings is 1. The van der Waals surface area contributed by atoms with Crippen LogP contribution in [0.5, 0.6) is 11.5 Å². The molecule has 1 heterocycles. The van der Waals surface area contributed by atoms with Crippen molar-refractivity contribution in [3.8, 4) is 11.5 Å². The Morgan fingerprint density at radius 3 is 1.76 bits per heavy atom. The Balaban J connectivity index is 0.000000601. The molecule has 20 heteroatoms. The summed E-state index contributed by atoms with van der Waals surface area (Å²) in [6.45, 7) is -0.794. The summed E-state index contributed by atoms with van der Waals surface area (Å²) in [5, 5.41) is 31.8. The van der Waals surface area contributed by atoms with Crippen molar-refractivity contribution < 1.29 is 80.2 Å². The van der Waals surface area contributed by atoms with Gasteiger partial charge in [0.25, 0.3) is 0 Å². The highest BCUT2D eigenvalue weighted by molar-refractivity contribution is 5.98. The standard InChI is InChI=1S/C21H21N3O7.2C2HF3O2/c1-24(10-19-22-14-4-2-3-5-15(14)23-19)9-16(25)13-6-7-17(30-11-20(26)27)18(8-13)31-12-21(28)29;2*3-2(4,5)1(6)7/h2-8H,9-12H2,1H3,(H,22,23)(H,26,27)(H,28,29);2*(H,6,7). The SMILES string of the molecule is CN(CC(=O)c1ccc(OCC(=O)O)c(OCC(=O)O)c1)Cc1nc2ccccc2[nH]1.O=C(O)C(F)(F)F.O=C(O)C(F)(F)F. The number of carboxylic acids is 4. The smallest absolute Gasteiger partial charge is 0.479 e. The van der Waals surface area contributed by atoms with E-state index in [2.05, 4.69) is 9.97 Å². The second kappa shape index (κ2) is 16.4. The molecule has 14 nitrogen and oxygen atoms in total. The molecule has 2 aromatic carbocycles. The molecule has 0 bridgehead atoms. The summed E-state index contributed by atoms with van der Waals surface area (Å²) in [6, 6.07) is 11.8. The van der Waals surface area contributed by atoms with Crippen LogP contribution in [-0.4, -0.2) is 104 Å². The second-order valence-electron chi connectivity index (χ2n) is 8.43. The molecule has 0 aliphatic carbocycles. The number of aliphatic carboxylic acids is 4. The van der Waals surface area contributed by atoms with Crippen LogP contribution in [-0.2, 0) is 25.7 Å². The summed E-state index contributed by atoms with van der Waals surface area (Å²) in [5.74, 6) is -7.42. The Bertz CT molecular complexity index is 1450. The van der Waals surface area contributed by atoms with Crippen molar-refractivity contribution in [2.45, 2.75) is 18.9 Å². The van der Waals surface area contributed by atoms with Crippen LogP contribution in [0.3, 0.4) is 0 Å². The predicted octanol–water partition coefficient (Wildman–Crippen LogP) is 3.07. The molecule has 0 amide bonds. The summed E-state index contributed by atoms with van der Waals surface area (Å²) in [7, 11) is 1.78. The van der Waals surface area contributed by atoms with E-state index in [4.69, 9.17) is 39.5 Å². The number of ketones is 1. The Kier molecular flexibility index (Phi) is 13.8. The lowest BCUT2D eigenvalue weighted by Gasteiger charge is -2.15. The molecule has 1 aromatic heterocycles. The summed E-state index contributed by atoms with van der Waals surface area (Å²) >= 11 is 0. The van der Waals surface area contributed by atoms with Crippen LogP contribution < -0.4 is 9.47 Å². The molecule has 0 unspecified atom stereocenters. The molecule has 5 N–H and O–H groups in total.